The Bertz CT molecular complexity index is 833. The minimum absolute atomic E-state index is 0.0606. The molecule has 3 N–H and O–H groups in total. The monoisotopic (exact) mass is 295 g/mol. The minimum atomic E-state index is 0.0606. The topological polar surface area (TPSA) is 86.5 Å². The Balaban J connectivity index is 1.72. The fraction of sp³-hybridized carbons (Fsp3) is 0.312. The van der Waals surface area contributed by atoms with Crippen molar-refractivity contribution in [3.8, 4) is 11.5 Å². The molecule has 2 aromatic heterocycles. The van der Waals surface area contributed by atoms with Crippen LogP contribution in [0.15, 0.2) is 18.3 Å². The molecule has 3 aromatic rings. The molecule has 0 spiro atoms. The molecule has 0 bridgehead atoms. The van der Waals surface area contributed by atoms with Gasteiger partial charge in [-0.15, -0.1) is 0 Å². The zero-order chi connectivity index (χ0) is 15.3. The van der Waals surface area contributed by atoms with E-state index in [-0.39, 0.29) is 11.8 Å². The summed E-state index contributed by atoms with van der Waals surface area (Å²) < 4.78 is 0. The minimum Gasteiger partial charge on any atom is -0.337 e. The number of aromatic amines is 2. The van der Waals surface area contributed by atoms with E-state index in [1.165, 1.54) is 11.1 Å². The van der Waals surface area contributed by atoms with Crippen molar-refractivity contribution in [3.63, 3.8) is 0 Å². The molecule has 0 atom stereocenters. The van der Waals surface area contributed by atoms with Crippen molar-refractivity contribution in [3.05, 3.63) is 29.5 Å². The molecule has 1 saturated carbocycles. The van der Waals surface area contributed by atoms with Gasteiger partial charge in [-0.1, -0.05) is 0 Å². The van der Waals surface area contributed by atoms with Crippen LogP contribution in [0.25, 0.3) is 22.6 Å². The van der Waals surface area contributed by atoms with Gasteiger partial charge in [-0.2, -0.15) is 5.10 Å². The van der Waals surface area contributed by atoms with Crippen LogP contribution in [0, 0.1) is 19.8 Å². The molecule has 0 saturated heterocycles. The van der Waals surface area contributed by atoms with Crippen molar-refractivity contribution >= 4 is 22.6 Å². The quantitative estimate of drug-likeness (QED) is 0.694. The number of hydrogen-bond donors (Lipinski definition) is 3. The first-order valence-corrected chi connectivity index (χ1v) is 7.44. The average molecular weight is 295 g/mol. The Morgan fingerprint density at radius 2 is 2.05 bits per heavy atom. The van der Waals surface area contributed by atoms with Gasteiger partial charge < -0.3 is 10.3 Å². The Morgan fingerprint density at radius 1 is 1.27 bits per heavy atom. The molecule has 112 valence electrons. The van der Waals surface area contributed by atoms with Crippen LogP contribution >= 0.6 is 0 Å². The molecular weight excluding hydrogens is 278 g/mol. The number of nitrogens with one attached hydrogen (secondary N) is 3. The average Bonchev–Trinajstić information content (AvgIpc) is 3.12. The summed E-state index contributed by atoms with van der Waals surface area (Å²) >= 11 is 0. The van der Waals surface area contributed by atoms with Gasteiger partial charge in [-0.05, 0) is 49.9 Å². The van der Waals surface area contributed by atoms with E-state index < -0.39 is 0 Å². The zero-order valence-corrected chi connectivity index (χ0v) is 12.5. The van der Waals surface area contributed by atoms with Gasteiger partial charge in [0, 0.05) is 12.1 Å². The van der Waals surface area contributed by atoms with Crippen molar-refractivity contribution in [1.82, 2.24) is 20.2 Å². The number of H-pyrrole nitrogens is 2. The molecule has 22 heavy (non-hydrogen) atoms. The Kier molecular flexibility index (Phi) is 2.79. The molecule has 1 aliphatic rings. The van der Waals surface area contributed by atoms with Crippen LogP contribution in [-0.4, -0.2) is 26.1 Å². The predicted octanol–water partition coefficient (Wildman–Crippen LogP) is 2.92. The molecule has 0 unspecified atom stereocenters. The lowest BCUT2D eigenvalue weighted by atomic mass is 10.1. The molecule has 1 fully saturated rings. The molecule has 1 aromatic carbocycles. The summed E-state index contributed by atoms with van der Waals surface area (Å²) in [6.07, 6.45) is 3.64. The van der Waals surface area contributed by atoms with Gasteiger partial charge in [0.25, 0.3) is 0 Å². The maximum absolute atomic E-state index is 11.9. The molecule has 4 rings (SSSR count). The van der Waals surface area contributed by atoms with E-state index in [1.54, 1.807) is 6.20 Å². The van der Waals surface area contributed by atoms with Gasteiger partial charge in [0.2, 0.25) is 5.91 Å². The third-order valence-corrected chi connectivity index (χ3v) is 4.17. The van der Waals surface area contributed by atoms with E-state index in [2.05, 4.69) is 51.5 Å². The lowest BCUT2D eigenvalue weighted by molar-refractivity contribution is -0.117. The fourth-order valence-electron chi connectivity index (χ4n) is 2.53. The van der Waals surface area contributed by atoms with Crippen molar-refractivity contribution in [2.45, 2.75) is 26.7 Å². The Hall–Kier alpha value is -2.63. The van der Waals surface area contributed by atoms with E-state index in [0.717, 1.165) is 23.9 Å². The lowest BCUT2D eigenvalue weighted by Gasteiger charge is -2.02. The molecule has 2 heterocycles. The second kappa shape index (κ2) is 4.69. The molecule has 6 nitrogen and oxygen atoms in total. The smallest absolute Gasteiger partial charge is 0.227 e. The molecule has 6 heteroatoms. The van der Waals surface area contributed by atoms with Gasteiger partial charge in [0.05, 0.1) is 16.7 Å². The third kappa shape index (κ3) is 2.16. The zero-order valence-electron chi connectivity index (χ0n) is 12.5. The van der Waals surface area contributed by atoms with Gasteiger partial charge in [0.15, 0.2) is 11.5 Å². The van der Waals surface area contributed by atoms with E-state index in [4.69, 9.17) is 0 Å². The lowest BCUT2D eigenvalue weighted by Crippen LogP contribution is -2.13. The number of fused-ring (bicyclic) bond motifs is 1. The van der Waals surface area contributed by atoms with Crippen LogP contribution < -0.4 is 5.32 Å². The number of hydrogen-bond acceptors (Lipinski definition) is 3. The molecule has 1 aliphatic carbocycles. The number of aromatic nitrogens is 4. The molecule has 0 aliphatic heterocycles. The third-order valence-electron chi connectivity index (χ3n) is 4.17. The number of rotatable bonds is 3. The van der Waals surface area contributed by atoms with Gasteiger partial charge in [0.1, 0.15) is 0 Å². The number of aryl methyl sites for hydroxylation is 2. The summed E-state index contributed by atoms with van der Waals surface area (Å²) in [5, 5.41) is 9.96. The maximum Gasteiger partial charge on any atom is 0.227 e. The van der Waals surface area contributed by atoms with Gasteiger partial charge in [-0.25, -0.2) is 4.98 Å². The predicted molar refractivity (Wildman–Crippen MR) is 84.5 cm³/mol. The highest BCUT2D eigenvalue weighted by atomic mass is 16.2. The first kappa shape index (κ1) is 13.1. The fourth-order valence-corrected chi connectivity index (χ4v) is 2.53. The second-order valence-electron chi connectivity index (χ2n) is 5.95. The molecule has 1 amide bonds. The number of benzene rings is 1. The summed E-state index contributed by atoms with van der Waals surface area (Å²) in [6, 6.07) is 4.13. The van der Waals surface area contributed by atoms with Crippen LogP contribution in [0.1, 0.15) is 24.0 Å². The number of nitrogens with zero attached hydrogens (tertiary/aromatic N) is 2. The Morgan fingerprint density at radius 3 is 2.82 bits per heavy atom. The SMILES string of the molecule is Cc1cc2nc(-c3n[nH]cc3NC(=O)C3CC3)[nH]c2cc1C. The van der Waals surface area contributed by atoms with E-state index in [1.807, 2.05) is 0 Å². The van der Waals surface area contributed by atoms with Gasteiger partial charge >= 0.3 is 0 Å². The van der Waals surface area contributed by atoms with Crippen molar-refractivity contribution < 1.29 is 4.79 Å². The maximum atomic E-state index is 11.9. The van der Waals surface area contributed by atoms with E-state index >= 15 is 0 Å². The van der Waals surface area contributed by atoms with Crippen molar-refractivity contribution in [2.24, 2.45) is 5.92 Å². The van der Waals surface area contributed by atoms with Gasteiger partial charge in [-0.3, -0.25) is 9.89 Å². The second-order valence-corrected chi connectivity index (χ2v) is 5.95. The summed E-state index contributed by atoms with van der Waals surface area (Å²) in [5.41, 5.74) is 5.60. The molecular formula is C16H17N5O. The van der Waals surface area contributed by atoms with Crippen molar-refractivity contribution in [2.75, 3.05) is 5.32 Å². The number of carbonyl (C=O) groups excluding carboxylic acids is 1. The van der Waals surface area contributed by atoms with Crippen LogP contribution in [0.2, 0.25) is 0 Å². The summed E-state index contributed by atoms with van der Waals surface area (Å²) in [5.74, 6) is 0.876. The number of carbonyl (C=O) groups is 1. The molecule has 0 radical (unpaired) electrons. The van der Waals surface area contributed by atoms with Crippen LogP contribution in [0.5, 0.6) is 0 Å². The summed E-state index contributed by atoms with van der Waals surface area (Å²) in [4.78, 5) is 19.8. The highest BCUT2D eigenvalue weighted by Gasteiger charge is 2.30. The first-order valence-electron chi connectivity index (χ1n) is 7.44. The van der Waals surface area contributed by atoms with E-state index in [9.17, 15) is 4.79 Å². The van der Waals surface area contributed by atoms with Crippen LogP contribution in [0.3, 0.4) is 0 Å². The normalized spacial score (nSPS) is 14.5. The van der Waals surface area contributed by atoms with Crippen LogP contribution in [0.4, 0.5) is 5.69 Å². The largest absolute Gasteiger partial charge is 0.337 e. The standard InChI is InChI=1S/C16H17N5O/c1-8-5-11-12(6-9(8)2)19-15(18-11)14-13(7-17-21-14)20-16(22)10-3-4-10/h5-7,10H,3-4H2,1-2H3,(H,17,21)(H,18,19)(H,20,22). The highest BCUT2D eigenvalue weighted by molar-refractivity contribution is 5.97. The summed E-state index contributed by atoms with van der Waals surface area (Å²) in [6.45, 7) is 4.14. The first-order chi connectivity index (χ1) is 10.6. The summed E-state index contributed by atoms with van der Waals surface area (Å²) in [7, 11) is 0. The number of anilines is 1. The van der Waals surface area contributed by atoms with E-state index in [0.29, 0.717) is 17.2 Å². The number of amides is 1. The van der Waals surface area contributed by atoms with Crippen LogP contribution in [-0.2, 0) is 4.79 Å². The Labute approximate surface area is 127 Å². The number of imidazole rings is 1. The highest BCUT2D eigenvalue weighted by Crippen LogP contribution is 2.32. The van der Waals surface area contributed by atoms with Crippen molar-refractivity contribution in [1.29, 1.82) is 0 Å².